The second-order valence-corrected chi connectivity index (χ2v) is 22.3. The molecule has 0 unspecified atom stereocenters. The summed E-state index contributed by atoms with van der Waals surface area (Å²) in [5, 5.41) is 0. The van der Waals surface area contributed by atoms with Crippen molar-refractivity contribution in [3.8, 4) is 44.9 Å². The van der Waals surface area contributed by atoms with Crippen LogP contribution in [0.4, 0.5) is 28.4 Å². The molecular formula is C83H76N8. The molecule has 7 aromatic carbocycles. The van der Waals surface area contributed by atoms with Gasteiger partial charge in [0, 0.05) is 94.6 Å². The maximum Gasteiger partial charge on any atom is 0.0720 e. The summed E-state index contributed by atoms with van der Waals surface area (Å²) in [5.41, 5.74) is 27.4. The Morgan fingerprint density at radius 3 is 1.41 bits per heavy atom. The number of hydrogen-bond acceptors (Lipinski definition) is 8. The van der Waals surface area contributed by atoms with Crippen LogP contribution in [0.25, 0.3) is 57.1 Å². The molecule has 0 bridgehead atoms. The van der Waals surface area contributed by atoms with Gasteiger partial charge in [0.2, 0.25) is 0 Å². The van der Waals surface area contributed by atoms with Gasteiger partial charge in [-0.05, 0) is 203 Å². The number of anilines is 5. The third kappa shape index (κ3) is 17.5. The predicted octanol–water partition coefficient (Wildman–Crippen LogP) is 20.8. The summed E-state index contributed by atoms with van der Waals surface area (Å²) in [7, 11) is 2.16. The van der Waals surface area contributed by atoms with Gasteiger partial charge in [0.05, 0.1) is 28.5 Å². The molecule has 2 aliphatic rings. The number of nitrogens with zero attached hydrogens (tertiary/aromatic N) is 8. The predicted molar refractivity (Wildman–Crippen MR) is 381 cm³/mol. The molecule has 0 saturated heterocycles. The van der Waals surface area contributed by atoms with E-state index in [2.05, 4.69) is 218 Å². The highest BCUT2D eigenvalue weighted by atomic mass is 15.1. The van der Waals surface area contributed by atoms with Crippen LogP contribution in [0.3, 0.4) is 0 Å². The van der Waals surface area contributed by atoms with Crippen LogP contribution in [0.15, 0.2) is 298 Å². The molecule has 448 valence electrons. The molecule has 6 aromatic heterocycles. The minimum Gasteiger partial charge on any atom is -0.344 e. The van der Waals surface area contributed by atoms with Crippen molar-refractivity contribution in [3.63, 3.8) is 0 Å². The van der Waals surface area contributed by atoms with Gasteiger partial charge < -0.3 is 9.80 Å². The molecule has 91 heavy (non-hydrogen) atoms. The Morgan fingerprint density at radius 1 is 0.308 bits per heavy atom. The van der Waals surface area contributed by atoms with Crippen LogP contribution in [0.1, 0.15) is 56.2 Å². The molecule has 0 fully saturated rings. The Hall–Kier alpha value is -11.2. The fourth-order valence-corrected chi connectivity index (χ4v) is 10.8. The lowest BCUT2D eigenvalue weighted by atomic mass is 10.0. The molecule has 0 aliphatic carbocycles. The van der Waals surface area contributed by atoms with Gasteiger partial charge in [0.15, 0.2) is 0 Å². The molecule has 13 aromatic rings. The molecule has 0 N–H and O–H groups in total. The molecule has 8 heterocycles. The van der Waals surface area contributed by atoms with Gasteiger partial charge in [-0.1, -0.05) is 175 Å². The van der Waals surface area contributed by atoms with Gasteiger partial charge in [-0.15, -0.1) is 0 Å². The Morgan fingerprint density at radius 2 is 0.791 bits per heavy atom. The second-order valence-electron chi connectivity index (χ2n) is 22.3. The average molecular weight is 1190 g/mol. The third-order valence-electron chi connectivity index (χ3n) is 15.3. The number of rotatable bonds is 5. The van der Waals surface area contributed by atoms with Crippen molar-refractivity contribution in [3.05, 3.63) is 354 Å². The number of aromatic nitrogens is 6. The highest BCUT2D eigenvalue weighted by Crippen LogP contribution is 2.42. The molecule has 15 rings (SSSR count). The fraction of sp³-hybridized carbons (Fsp3) is 0.108. The first kappa shape index (κ1) is 62.8. The normalized spacial score (nSPS) is 11.3. The lowest BCUT2D eigenvalue weighted by Gasteiger charge is -2.27. The first-order valence-electron chi connectivity index (χ1n) is 30.8. The van der Waals surface area contributed by atoms with Gasteiger partial charge in [0.1, 0.15) is 0 Å². The topological polar surface area (TPSA) is 83.8 Å². The number of fused-ring (bicyclic) bond motifs is 4. The molecule has 0 spiro atoms. The molecule has 2 aliphatic heterocycles. The standard InChI is InChI=1S/C21H17N.C16H17N.2C12H11N.2C11H10N2/c1-16-11-14-21-18(15-16)13-12-17-7-5-6-10-20(17)22(21)19-8-3-2-4-9-19;1-12-7-10-16-14(11-12)9-8-13-5-3-4-6-15(13)17(16)2;1-10-6-5-9-12(13-10)11-7-3-2-4-8-11;1-10-9-12(7-8-13-10)11-5-3-2-4-6-11;1-9-4-2-6-11(13-9)10-5-3-7-12-8-10;1-9-3-2-4-11(13-9)10-5-7-12-8-6-10/h2-15H,1H3;3-7,10-11H,8-9H2,1-2H3;2*2-9H,1H3;2*2-8H,1H3. The zero-order valence-electron chi connectivity index (χ0n) is 52.9. The zero-order valence-corrected chi connectivity index (χ0v) is 52.9. The van der Waals surface area contributed by atoms with E-state index in [1.165, 1.54) is 78.5 Å². The second kappa shape index (κ2) is 31.6. The lowest BCUT2D eigenvalue weighted by molar-refractivity contribution is 0.975. The van der Waals surface area contributed by atoms with E-state index in [9.17, 15) is 0 Å². The van der Waals surface area contributed by atoms with Gasteiger partial charge >= 0.3 is 0 Å². The number of benzene rings is 7. The maximum atomic E-state index is 4.44. The van der Waals surface area contributed by atoms with E-state index < -0.39 is 0 Å². The van der Waals surface area contributed by atoms with E-state index in [1.54, 1.807) is 18.6 Å². The molecule has 0 saturated carbocycles. The van der Waals surface area contributed by atoms with E-state index >= 15 is 0 Å². The third-order valence-corrected chi connectivity index (χ3v) is 15.3. The largest absolute Gasteiger partial charge is 0.344 e. The summed E-state index contributed by atoms with van der Waals surface area (Å²) in [4.78, 5) is 30.1. The summed E-state index contributed by atoms with van der Waals surface area (Å²) in [5.74, 6) is 0. The summed E-state index contributed by atoms with van der Waals surface area (Å²) >= 11 is 0. The lowest BCUT2D eigenvalue weighted by Crippen LogP contribution is -2.11. The molecular weight excluding hydrogens is 1110 g/mol. The van der Waals surface area contributed by atoms with Crippen LogP contribution >= 0.6 is 0 Å². The maximum absolute atomic E-state index is 4.44. The Balaban J connectivity index is 0.000000122. The summed E-state index contributed by atoms with van der Waals surface area (Å²) in [6.07, 6.45) is 15.7. The van der Waals surface area contributed by atoms with Crippen molar-refractivity contribution >= 4 is 40.6 Å². The van der Waals surface area contributed by atoms with Crippen molar-refractivity contribution in [2.75, 3.05) is 16.8 Å². The Kier molecular flexibility index (Phi) is 21.8. The monoisotopic (exact) mass is 1180 g/mol. The van der Waals surface area contributed by atoms with Crippen LogP contribution in [-0.4, -0.2) is 37.0 Å². The van der Waals surface area contributed by atoms with Crippen LogP contribution in [0, 0.1) is 41.5 Å². The highest BCUT2D eigenvalue weighted by Gasteiger charge is 2.20. The smallest absolute Gasteiger partial charge is 0.0720 e. The minimum atomic E-state index is 0.980. The van der Waals surface area contributed by atoms with Gasteiger partial charge in [-0.2, -0.15) is 0 Å². The highest BCUT2D eigenvalue weighted by molar-refractivity contribution is 5.93. The molecule has 0 radical (unpaired) electrons. The number of aryl methyl sites for hydroxylation is 8. The molecule has 8 heteroatoms. The molecule has 0 atom stereocenters. The van der Waals surface area contributed by atoms with Crippen molar-refractivity contribution in [2.45, 2.75) is 54.4 Å². The van der Waals surface area contributed by atoms with Crippen LogP contribution < -0.4 is 9.80 Å². The minimum absolute atomic E-state index is 0.980. The quantitative estimate of drug-likeness (QED) is 0.169. The first-order valence-corrected chi connectivity index (χ1v) is 30.8. The van der Waals surface area contributed by atoms with Crippen molar-refractivity contribution in [1.82, 2.24) is 29.9 Å². The van der Waals surface area contributed by atoms with E-state index in [0.29, 0.717) is 0 Å². The molecule has 0 amide bonds. The SMILES string of the molecule is Cc1cc(-c2ccccc2)ccn1.Cc1ccc2c(c1)C=Cc1ccccc1N2c1ccccc1.Cc1ccc2c(c1)CCc1ccccc1N2C.Cc1cccc(-c2ccccc2)n1.Cc1cccc(-c2cccnc2)n1.Cc1cccc(-c2ccncc2)n1. The van der Waals surface area contributed by atoms with Crippen LogP contribution in [0.2, 0.25) is 0 Å². The van der Waals surface area contributed by atoms with Gasteiger partial charge in [0.25, 0.3) is 0 Å². The Labute approximate surface area is 537 Å². The van der Waals surface area contributed by atoms with E-state index in [-0.39, 0.29) is 0 Å². The van der Waals surface area contributed by atoms with Crippen LogP contribution in [-0.2, 0) is 12.8 Å². The summed E-state index contributed by atoms with van der Waals surface area (Å²) < 4.78 is 0. The van der Waals surface area contributed by atoms with Crippen molar-refractivity contribution in [2.24, 2.45) is 0 Å². The zero-order chi connectivity index (χ0) is 63.2. The fourth-order valence-electron chi connectivity index (χ4n) is 10.8. The summed E-state index contributed by atoms with van der Waals surface area (Å²) in [6.45, 7) is 12.3. The van der Waals surface area contributed by atoms with E-state index in [4.69, 9.17) is 0 Å². The number of pyridine rings is 6. The summed E-state index contributed by atoms with van der Waals surface area (Å²) in [6, 6.07) is 91.7. The van der Waals surface area contributed by atoms with Gasteiger partial charge in [-0.25, -0.2) is 0 Å². The molecule has 8 nitrogen and oxygen atoms in total. The number of para-hydroxylation sites is 3. The van der Waals surface area contributed by atoms with Crippen molar-refractivity contribution in [1.29, 1.82) is 0 Å². The van der Waals surface area contributed by atoms with E-state index in [1.807, 2.05) is 161 Å². The first-order chi connectivity index (χ1) is 44.5. The Bertz CT molecular complexity index is 4120. The van der Waals surface area contributed by atoms with Crippen molar-refractivity contribution < 1.29 is 0 Å². The average Bonchev–Trinajstić information content (AvgIpc) is 1.85. The van der Waals surface area contributed by atoms with Gasteiger partial charge in [-0.3, -0.25) is 29.9 Å². The number of hydrogen-bond donors (Lipinski definition) is 0. The van der Waals surface area contributed by atoms with Crippen LogP contribution in [0.5, 0.6) is 0 Å². The van der Waals surface area contributed by atoms with E-state index in [0.717, 1.165) is 63.8 Å².